The Hall–Kier alpha value is -1.77. The van der Waals surface area contributed by atoms with E-state index in [9.17, 15) is 0 Å². The second-order valence-electron chi connectivity index (χ2n) is 3.93. The molecule has 0 radical (unpaired) electrons. The van der Waals surface area contributed by atoms with Crippen LogP contribution >= 0.6 is 0 Å². The summed E-state index contributed by atoms with van der Waals surface area (Å²) in [5.41, 5.74) is 3.64. The Balaban J connectivity index is 2.34. The van der Waals surface area contributed by atoms with Gasteiger partial charge in [-0.1, -0.05) is 18.2 Å². The van der Waals surface area contributed by atoms with Crippen molar-refractivity contribution < 1.29 is 0 Å². The smallest absolute Gasteiger partial charge is 0.207 e. The highest BCUT2D eigenvalue weighted by Gasteiger charge is 2.05. The second-order valence-corrected chi connectivity index (χ2v) is 3.93. The topological polar surface area (TPSA) is 29.9 Å². The molecular weight excluding hydrogens is 198 g/mol. The van der Waals surface area contributed by atoms with Gasteiger partial charge in [-0.25, -0.2) is 4.98 Å². The Morgan fingerprint density at radius 1 is 1.25 bits per heavy atom. The van der Waals surface area contributed by atoms with Crippen LogP contribution in [0.1, 0.15) is 18.1 Å². The first kappa shape index (κ1) is 10.7. The van der Waals surface area contributed by atoms with Gasteiger partial charge in [-0.05, 0) is 31.9 Å². The predicted octanol–water partition coefficient (Wildman–Crippen LogP) is 3.26. The molecule has 0 atom stereocenters. The number of benzene rings is 1. The van der Waals surface area contributed by atoms with Crippen molar-refractivity contribution in [2.24, 2.45) is 0 Å². The maximum absolute atomic E-state index is 4.32. The summed E-state index contributed by atoms with van der Waals surface area (Å²) in [6, 6.07) is 6.28. The van der Waals surface area contributed by atoms with E-state index < -0.39 is 0 Å². The first-order chi connectivity index (χ1) is 7.72. The van der Waals surface area contributed by atoms with Gasteiger partial charge in [0.15, 0.2) is 0 Å². The second kappa shape index (κ2) is 4.39. The van der Waals surface area contributed by atoms with Crippen LogP contribution < -0.4 is 5.32 Å². The monoisotopic (exact) mass is 215 g/mol. The Morgan fingerprint density at radius 3 is 2.56 bits per heavy atom. The summed E-state index contributed by atoms with van der Waals surface area (Å²) in [7, 11) is 0. The Morgan fingerprint density at radius 2 is 1.94 bits per heavy atom. The summed E-state index contributed by atoms with van der Waals surface area (Å²) >= 11 is 0. The fraction of sp³-hybridized carbons (Fsp3) is 0.308. The van der Waals surface area contributed by atoms with Crippen molar-refractivity contribution in [2.75, 3.05) is 5.32 Å². The number of aromatic nitrogens is 2. The summed E-state index contributed by atoms with van der Waals surface area (Å²) in [4.78, 5) is 4.32. The fourth-order valence-electron chi connectivity index (χ4n) is 1.81. The molecule has 0 bridgehead atoms. The number of nitrogens with one attached hydrogen (secondary N) is 1. The van der Waals surface area contributed by atoms with Crippen molar-refractivity contribution in [3.8, 4) is 0 Å². The molecule has 1 aromatic carbocycles. The number of anilines is 2. The molecule has 0 saturated carbocycles. The van der Waals surface area contributed by atoms with Gasteiger partial charge in [0.1, 0.15) is 0 Å². The van der Waals surface area contributed by atoms with Gasteiger partial charge in [-0.3, -0.25) is 0 Å². The summed E-state index contributed by atoms with van der Waals surface area (Å²) in [5.74, 6) is 0.903. The van der Waals surface area contributed by atoms with Crippen LogP contribution in [0.3, 0.4) is 0 Å². The van der Waals surface area contributed by atoms with E-state index in [0.717, 1.165) is 18.2 Å². The molecule has 0 fully saturated rings. The maximum Gasteiger partial charge on any atom is 0.207 e. The molecule has 3 nitrogen and oxygen atoms in total. The summed E-state index contributed by atoms with van der Waals surface area (Å²) in [5, 5.41) is 3.39. The minimum absolute atomic E-state index is 0.903. The van der Waals surface area contributed by atoms with Crippen LogP contribution in [0, 0.1) is 13.8 Å². The average molecular weight is 215 g/mol. The van der Waals surface area contributed by atoms with Gasteiger partial charge in [-0.15, -0.1) is 0 Å². The molecule has 84 valence electrons. The zero-order valence-corrected chi connectivity index (χ0v) is 9.99. The third-order valence-corrected chi connectivity index (χ3v) is 2.77. The molecule has 1 aromatic heterocycles. The molecule has 0 aliphatic rings. The molecule has 1 heterocycles. The van der Waals surface area contributed by atoms with Crippen LogP contribution in [-0.4, -0.2) is 9.55 Å². The highest BCUT2D eigenvalue weighted by Crippen LogP contribution is 2.23. The Bertz CT molecular complexity index is 465. The van der Waals surface area contributed by atoms with Gasteiger partial charge in [-0.2, -0.15) is 0 Å². The summed E-state index contributed by atoms with van der Waals surface area (Å²) in [6.07, 6.45) is 3.80. The van der Waals surface area contributed by atoms with Crippen LogP contribution in [0.15, 0.2) is 30.6 Å². The fourth-order valence-corrected chi connectivity index (χ4v) is 1.81. The van der Waals surface area contributed by atoms with Crippen molar-refractivity contribution in [3.05, 3.63) is 41.7 Å². The van der Waals surface area contributed by atoms with Crippen molar-refractivity contribution in [3.63, 3.8) is 0 Å². The molecule has 2 aromatic rings. The predicted molar refractivity (Wildman–Crippen MR) is 67.1 cm³/mol. The SMILES string of the molecule is CCn1ccnc1Nc1c(C)cccc1C. The third-order valence-electron chi connectivity index (χ3n) is 2.77. The number of para-hydroxylation sites is 1. The van der Waals surface area contributed by atoms with E-state index in [-0.39, 0.29) is 0 Å². The molecule has 0 spiro atoms. The molecule has 0 unspecified atom stereocenters. The molecule has 0 aliphatic carbocycles. The van der Waals surface area contributed by atoms with Gasteiger partial charge in [0.05, 0.1) is 0 Å². The molecule has 0 saturated heterocycles. The van der Waals surface area contributed by atoms with Gasteiger partial charge in [0.25, 0.3) is 0 Å². The zero-order valence-electron chi connectivity index (χ0n) is 9.99. The third kappa shape index (κ3) is 1.94. The molecule has 16 heavy (non-hydrogen) atoms. The normalized spacial score (nSPS) is 10.4. The Kier molecular flexibility index (Phi) is 2.95. The van der Waals surface area contributed by atoms with Crippen molar-refractivity contribution in [1.82, 2.24) is 9.55 Å². The number of imidazole rings is 1. The quantitative estimate of drug-likeness (QED) is 0.851. The lowest BCUT2D eigenvalue weighted by Crippen LogP contribution is -2.03. The Labute approximate surface area is 96.1 Å². The van der Waals surface area contributed by atoms with E-state index in [1.54, 1.807) is 0 Å². The van der Waals surface area contributed by atoms with Gasteiger partial charge in [0.2, 0.25) is 5.95 Å². The highest BCUT2D eigenvalue weighted by atomic mass is 15.2. The largest absolute Gasteiger partial charge is 0.325 e. The summed E-state index contributed by atoms with van der Waals surface area (Å²) < 4.78 is 2.09. The minimum Gasteiger partial charge on any atom is -0.325 e. The standard InChI is InChI=1S/C13H17N3/c1-4-16-9-8-14-13(16)15-12-10(2)6-5-7-11(12)3/h5-9H,4H2,1-3H3,(H,14,15). The summed E-state index contributed by atoms with van der Waals surface area (Å²) in [6.45, 7) is 7.24. The van der Waals surface area contributed by atoms with E-state index >= 15 is 0 Å². The number of rotatable bonds is 3. The van der Waals surface area contributed by atoms with E-state index in [4.69, 9.17) is 0 Å². The van der Waals surface area contributed by atoms with Gasteiger partial charge in [0, 0.05) is 24.6 Å². The average Bonchev–Trinajstić information content (AvgIpc) is 2.71. The number of nitrogens with zero attached hydrogens (tertiary/aromatic N) is 2. The van der Waals surface area contributed by atoms with E-state index in [2.05, 4.69) is 53.8 Å². The van der Waals surface area contributed by atoms with Crippen LogP contribution in [0.5, 0.6) is 0 Å². The molecule has 1 N–H and O–H groups in total. The maximum atomic E-state index is 4.32. The molecule has 2 rings (SSSR count). The van der Waals surface area contributed by atoms with Crippen molar-refractivity contribution in [1.29, 1.82) is 0 Å². The first-order valence-corrected chi connectivity index (χ1v) is 5.56. The minimum atomic E-state index is 0.903. The number of hydrogen-bond acceptors (Lipinski definition) is 2. The lowest BCUT2D eigenvalue weighted by Gasteiger charge is -2.12. The van der Waals surface area contributed by atoms with Crippen molar-refractivity contribution >= 4 is 11.6 Å². The van der Waals surface area contributed by atoms with E-state index in [0.29, 0.717) is 0 Å². The zero-order chi connectivity index (χ0) is 11.5. The van der Waals surface area contributed by atoms with E-state index in [1.807, 2.05) is 12.4 Å². The van der Waals surface area contributed by atoms with Crippen LogP contribution in [0.25, 0.3) is 0 Å². The van der Waals surface area contributed by atoms with Gasteiger partial charge >= 0.3 is 0 Å². The van der Waals surface area contributed by atoms with E-state index in [1.165, 1.54) is 11.1 Å². The lowest BCUT2D eigenvalue weighted by molar-refractivity contribution is 0.771. The molecular formula is C13H17N3. The first-order valence-electron chi connectivity index (χ1n) is 5.56. The number of hydrogen-bond donors (Lipinski definition) is 1. The molecule has 0 amide bonds. The van der Waals surface area contributed by atoms with Crippen molar-refractivity contribution in [2.45, 2.75) is 27.3 Å². The molecule has 3 heteroatoms. The molecule has 0 aliphatic heterocycles. The van der Waals surface area contributed by atoms with Crippen LogP contribution in [0.4, 0.5) is 11.6 Å². The van der Waals surface area contributed by atoms with Crippen LogP contribution in [-0.2, 0) is 6.54 Å². The highest BCUT2D eigenvalue weighted by molar-refractivity contribution is 5.62. The number of aryl methyl sites for hydroxylation is 3. The van der Waals surface area contributed by atoms with Gasteiger partial charge < -0.3 is 9.88 Å². The lowest BCUT2D eigenvalue weighted by atomic mass is 10.1. The van der Waals surface area contributed by atoms with Crippen LogP contribution in [0.2, 0.25) is 0 Å².